The van der Waals surface area contributed by atoms with Gasteiger partial charge in [0, 0.05) is 79.7 Å². The molecule has 0 saturated heterocycles. The first-order valence-electron chi connectivity index (χ1n) is 25.6. The number of fused-ring (bicyclic) bond motifs is 7. The summed E-state index contributed by atoms with van der Waals surface area (Å²) in [5, 5.41) is 2.48. The lowest BCUT2D eigenvalue weighted by atomic mass is 9.91. The highest BCUT2D eigenvalue weighted by Crippen LogP contribution is 2.48. The van der Waals surface area contributed by atoms with Gasteiger partial charge >= 0.3 is 0 Å². The Morgan fingerprint density at radius 1 is 0.432 bits per heavy atom. The van der Waals surface area contributed by atoms with E-state index in [1.807, 2.05) is 12.1 Å². The molecule has 352 valence electrons. The van der Waals surface area contributed by atoms with Crippen LogP contribution >= 0.6 is 0 Å². The Labute approximate surface area is 431 Å². The molecule has 6 heteroatoms. The van der Waals surface area contributed by atoms with Crippen LogP contribution in [0.5, 0.6) is 0 Å². The number of anilines is 6. The van der Waals surface area contributed by atoms with Gasteiger partial charge < -0.3 is 19.3 Å². The number of benzene rings is 9. The van der Waals surface area contributed by atoms with Crippen LogP contribution in [0.1, 0.15) is 17.9 Å². The Hall–Kier alpha value is -9.52. The van der Waals surface area contributed by atoms with E-state index < -0.39 is 0 Å². The van der Waals surface area contributed by atoms with Gasteiger partial charge in [0.2, 0.25) is 0 Å². The second-order valence-electron chi connectivity index (χ2n) is 19.3. The number of para-hydroxylation sites is 7. The van der Waals surface area contributed by atoms with Gasteiger partial charge in [-0.25, -0.2) is 9.97 Å². The maximum absolute atomic E-state index is 5.36. The molecule has 2 aliphatic carbocycles. The highest BCUT2D eigenvalue weighted by Gasteiger charge is 2.39. The van der Waals surface area contributed by atoms with E-state index in [0.717, 1.165) is 74.1 Å². The fourth-order valence-corrected chi connectivity index (χ4v) is 11.7. The fourth-order valence-electron chi connectivity index (χ4n) is 11.7. The molecule has 3 unspecified atom stereocenters. The topological polar surface area (TPSA) is 40.4 Å². The van der Waals surface area contributed by atoms with Crippen molar-refractivity contribution in [2.75, 3.05) is 14.7 Å². The summed E-state index contributed by atoms with van der Waals surface area (Å²) < 4.78 is 2.38. The average molecular weight is 951 g/mol. The molecule has 0 saturated carbocycles. The standard InChI is InChI=1S/C68H50N6/c1-3-19-49(20-4-1)71(53-23-17-25-55(45-53)73-63-33-13-7-27-57(63)58-28-8-14-34-64(58)73)51-41-37-47(38-42-51)67-68(70-62-32-12-11-31-61(62)69-67)48-39-43-52(44-40-48)72(50-21-5-2-6-22-50)54-24-18-26-56(46-54)74-65-35-15-9-29-59(65)60-30-10-16-36-66(60)74/h1-45,54,59,65H,46H2. The number of nitrogens with zero attached hydrogens (tertiary/aromatic N) is 6. The highest BCUT2D eigenvalue weighted by atomic mass is 15.2. The molecule has 11 aromatic rings. The normalized spacial score (nSPS) is 16.6. The molecule has 14 rings (SSSR count). The number of hydrogen-bond donors (Lipinski definition) is 0. The van der Waals surface area contributed by atoms with Crippen LogP contribution in [-0.4, -0.2) is 26.6 Å². The minimum atomic E-state index is 0.0821. The monoisotopic (exact) mass is 950 g/mol. The number of allylic oxidation sites excluding steroid dienone is 4. The fraction of sp³-hybridized carbons (Fsp3) is 0.0588. The number of rotatable bonds is 10. The summed E-state index contributed by atoms with van der Waals surface area (Å²) >= 11 is 0. The summed E-state index contributed by atoms with van der Waals surface area (Å²) in [6.45, 7) is 0. The van der Waals surface area contributed by atoms with Crippen molar-refractivity contribution in [3.63, 3.8) is 0 Å². The quantitative estimate of drug-likeness (QED) is 0.137. The third-order valence-electron chi connectivity index (χ3n) is 15.0. The van der Waals surface area contributed by atoms with Gasteiger partial charge in [-0.15, -0.1) is 0 Å². The second kappa shape index (κ2) is 18.3. The zero-order valence-corrected chi connectivity index (χ0v) is 40.6. The molecule has 2 aromatic heterocycles. The van der Waals surface area contributed by atoms with Gasteiger partial charge in [0.15, 0.2) is 0 Å². The van der Waals surface area contributed by atoms with Crippen molar-refractivity contribution >= 4 is 67.0 Å². The van der Waals surface area contributed by atoms with Crippen LogP contribution in [0.15, 0.2) is 279 Å². The summed E-state index contributed by atoms with van der Waals surface area (Å²) in [5.74, 6) is 0.339. The average Bonchev–Trinajstić information content (AvgIpc) is 3.99. The maximum Gasteiger partial charge on any atom is 0.0973 e. The van der Waals surface area contributed by atoms with E-state index in [-0.39, 0.29) is 12.1 Å². The molecule has 0 radical (unpaired) electrons. The van der Waals surface area contributed by atoms with E-state index in [1.165, 1.54) is 38.8 Å². The Morgan fingerprint density at radius 2 is 0.973 bits per heavy atom. The minimum Gasteiger partial charge on any atom is -0.337 e. The summed E-state index contributed by atoms with van der Waals surface area (Å²) in [7, 11) is 0. The predicted molar refractivity (Wildman–Crippen MR) is 307 cm³/mol. The SMILES string of the molecule is C1=CC2c3ccccc3N(C3=CC=CC(N(c4ccccc4)c4ccc(-c5nc6ccccc6nc5-c5ccc(N(c6ccccc6)c6cccc(-n7c8ccccc8c8ccccc87)c6)cc5)cc4)C3)C2C=C1. The van der Waals surface area contributed by atoms with Gasteiger partial charge in [-0.05, 0) is 109 Å². The Morgan fingerprint density at radius 3 is 1.66 bits per heavy atom. The van der Waals surface area contributed by atoms with Crippen LogP contribution in [0, 0.1) is 0 Å². The second-order valence-corrected chi connectivity index (χ2v) is 19.3. The lowest BCUT2D eigenvalue weighted by Gasteiger charge is -2.38. The molecular weight excluding hydrogens is 901 g/mol. The van der Waals surface area contributed by atoms with E-state index in [1.54, 1.807) is 0 Å². The van der Waals surface area contributed by atoms with E-state index in [4.69, 9.17) is 9.97 Å². The molecule has 0 N–H and O–H groups in total. The summed E-state index contributed by atoms with van der Waals surface area (Å²) in [6.07, 6.45) is 16.9. The third-order valence-corrected chi connectivity index (χ3v) is 15.0. The first-order chi connectivity index (χ1) is 36.7. The first-order valence-corrected chi connectivity index (χ1v) is 25.6. The van der Waals surface area contributed by atoms with Crippen molar-refractivity contribution in [2.24, 2.45) is 0 Å². The van der Waals surface area contributed by atoms with Gasteiger partial charge in [0.1, 0.15) is 0 Å². The molecule has 3 heterocycles. The molecule has 0 spiro atoms. The van der Waals surface area contributed by atoms with Crippen molar-refractivity contribution in [2.45, 2.75) is 24.4 Å². The highest BCUT2D eigenvalue weighted by molar-refractivity contribution is 6.09. The van der Waals surface area contributed by atoms with E-state index in [2.05, 4.69) is 280 Å². The Balaban J connectivity index is 0.812. The van der Waals surface area contributed by atoms with Crippen molar-refractivity contribution in [3.8, 4) is 28.2 Å². The van der Waals surface area contributed by atoms with Crippen LogP contribution in [-0.2, 0) is 0 Å². The molecule has 6 nitrogen and oxygen atoms in total. The third kappa shape index (κ3) is 7.50. The van der Waals surface area contributed by atoms with Gasteiger partial charge in [0.25, 0.3) is 0 Å². The summed E-state index contributed by atoms with van der Waals surface area (Å²) in [6, 6.07) is 82.7. The molecule has 1 aliphatic heterocycles. The van der Waals surface area contributed by atoms with Crippen molar-refractivity contribution in [1.82, 2.24) is 14.5 Å². The van der Waals surface area contributed by atoms with Gasteiger partial charge in [-0.3, -0.25) is 0 Å². The molecular formula is C68H50N6. The zero-order chi connectivity index (χ0) is 49.0. The van der Waals surface area contributed by atoms with E-state index in [9.17, 15) is 0 Å². The van der Waals surface area contributed by atoms with Crippen LogP contribution in [0.25, 0.3) is 61.0 Å². The van der Waals surface area contributed by atoms with Gasteiger partial charge in [-0.2, -0.15) is 0 Å². The van der Waals surface area contributed by atoms with Crippen LogP contribution in [0.3, 0.4) is 0 Å². The largest absolute Gasteiger partial charge is 0.337 e. The first kappa shape index (κ1) is 43.3. The molecule has 0 bridgehead atoms. The number of hydrogen-bond acceptors (Lipinski definition) is 5. The minimum absolute atomic E-state index is 0.0821. The molecule has 0 fully saturated rings. The van der Waals surface area contributed by atoms with Gasteiger partial charge in [0.05, 0.1) is 45.5 Å². The van der Waals surface area contributed by atoms with Crippen LogP contribution < -0.4 is 14.7 Å². The van der Waals surface area contributed by atoms with Crippen LogP contribution in [0.2, 0.25) is 0 Å². The Kier molecular flexibility index (Phi) is 10.7. The predicted octanol–water partition coefficient (Wildman–Crippen LogP) is 17.0. The Bertz CT molecular complexity index is 3970. The van der Waals surface area contributed by atoms with Crippen molar-refractivity contribution < 1.29 is 0 Å². The maximum atomic E-state index is 5.36. The number of aromatic nitrogens is 3. The molecule has 0 amide bonds. The molecule has 74 heavy (non-hydrogen) atoms. The lowest BCUT2D eigenvalue weighted by Crippen LogP contribution is -2.38. The van der Waals surface area contributed by atoms with Crippen LogP contribution in [0.4, 0.5) is 34.1 Å². The lowest BCUT2D eigenvalue weighted by molar-refractivity contribution is 0.670. The van der Waals surface area contributed by atoms with Gasteiger partial charge in [-0.1, -0.05) is 170 Å². The molecule has 9 aromatic carbocycles. The zero-order valence-electron chi connectivity index (χ0n) is 40.6. The molecule has 3 atom stereocenters. The summed E-state index contributed by atoms with van der Waals surface area (Å²) in [4.78, 5) is 18.1. The van der Waals surface area contributed by atoms with E-state index in [0.29, 0.717) is 5.92 Å². The van der Waals surface area contributed by atoms with Crippen molar-refractivity contribution in [3.05, 3.63) is 284 Å². The summed E-state index contributed by atoms with van der Waals surface area (Å²) in [5.41, 5.74) is 18.3. The molecule has 3 aliphatic rings. The smallest absolute Gasteiger partial charge is 0.0973 e. The van der Waals surface area contributed by atoms with Crippen molar-refractivity contribution in [1.29, 1.82) is 0 Å². The van der Waals surface area contributed by atoms with E-state index >= 15 is 0 Å².